The monoisotopic (exact) mass is 346 g/mol. The van der Waals surface area contributed by atoms with Crippen LogP contribution in [0, 0.1) is 19.7 Å². The topological polar surface area (TPSA) is 58.2 Å². The molecule has 0 bridgehead atoms. The Bertz CT molecular complexity index is 732. The molecule has 0 unspecified atom stereocenters. The third kappa shape index (κ3) is 5.70. The van der Waals surface area contributed by atoms with Crippen LogP contribution in [0.15, 0.2) is 47.4 Å². The van der Waals surface area contributed by atoms with Gasteiger partial charge in [0.05, 0.1) is 12.3 Å². The Labute approximate surface area is 144 Å². The molecule has 0 spiro atoms. The average molecular weight is 346 g/mol. The first-order chi connectivity index (χ1) is 11.4. The molecule has 126 valence electrons. The second-order valence-corrected chi connectivity index (χ2v) is 6.42. The Morgan fingerprint density at radius 3 is 2.38 bits per heavy atom. The van der Waals surface area contributed by atoms with E-state index in [0.29, 0.717) is 5.69 Å². The van der Waals surface area contributed by atoms with Gasteiger partial charge in [-0.2, -0.15) is 0 Å². The van der Waals surface area contributed by atoms with E-state index in [0.717, 1.165) is 4.90 Å². The van der Waals surface area contributed by atoms with Gasteiger partial charge in [-0.1, -0.05) is 6.07 Å². The molecule has 2 aromatic rings. The number of hydrogen-bond donors (Lipinski definition) is 2. The molecule has 0 atom stereocenters. The van der Waals surface area contributed by atoms with Gasteiger partial charge in [-0.15, -0.1) is 11.8 Å². The Balaban J connectivity index is 1.73. The zero-order valence-corrected chi connectivity index (χ0v) is 14.4. The first-order valence-corrected chi connectivity index (χ1v) is 8.45. The summed E-state index contributed by atoms with van der Waals surface area (Å²) in [6.45, 7) is 3.94. The number of amides is 2. The molecule has 0 fully saturated rings. The van der Waals surface area contributed by atoms with Gasteiger partial charge in [-0.3, -0.25) is 9.59 Å². The zero-order valence-electron chi connectivity index (χ0n) is 13.6. The number of anilines is 1. The molecule has 0 aliphatic carbocycles. The summed E-state index contributed by atoms with van der Waals surface area (Å²) in [5, 5.41) is 5.15. The van der Waals surface area contributed by atoms with Crippen LogP contribution < -0.4 is 10.6 Å². The van der Waals surface area contributed by atoms with Crippen LogP contribution in [0.1, 0.15) is 11.1 Å². The van der Waals surface area contributed by atoms with Gasteiger partial charge in [0.15, 0.2) is 0 Å². The third-order valence-electron chi connectivity index (χ3n) is 3.42. The molecule has 4 nitrogen and oxygen atoms in total. The van der Waals surface area contributed by atoms with Gasteiger partial charge in [0.25, 0.3) is 0 Å². The quantitative estimate of drug-likeness (QED) is 0.789. The summed E-state index contributed by atoms with van der Waals surface area (Å²) in [6.07, 6.45) is 0. The van der Waals surface area contributed by atoms with Crippen LogP contribution in [0.3, 0.4) is 0 Å². The van der Waals surface area contributed by atoms with E-state index in [9.17, 15) is 14.0 Å². The Morgan fingerprint density at radius 2 is 1.71 bits per heavy atom. The number of hydrogen-bond acceptors (Lipinski definition) is 3. The number of nitrogens with one attached hydrogen (secondary N) is 2. The lowest BCUT2D eigenvalue weighted by Crippen LogP contribution is -2.33. The molecular formula is C18H19FN2O2S. The summed E-state index contributed by atoms with van der Waals surface area (Å²) in [5.41, 5.74) is 2.88. The van der Waals surface area contributed by atoms with Crippen molar-refractivity contribution in [3.8, 4) is 0 Å². The van der Waals surface area contributed by atoms with E-state index >= 15 is 0 Å². The minimum atomic E-state index is -0.371. The van der Waals surface area contributed by atoms with Crippen molar-refractivity contribution in [1.82, 2.24) is 5.32 Å². The van der Waals surface area contributed by atoms with Crippen molar-refractivity contribution in [2.24, 2.45) is 0 Å². The van der Waals surface area contributed by atoms with Crippen LogP contribution in [-0.2, 0) is 9.59 Å². The van der Waals surface area contributed by atoms with Crippen LogP contribution in [0.4, 0.5) is 10.1 Å². The molecule has 24 heavy (non-hydrogen) atoms. The predicted octanol–water partition coefficient (Wildman–Crippen LogP) is 3.29. The molecule has 2 N–H and O–H groups in total. The van der Waals surface area contributed by atoms with Crippen LogP contribution in [0.5, 0.6) is 0 Å². The summed E-state index contributed by atoms with van der Waals surface area (Å²) >= 11 is 1.42. The lowest BCUT2D eigenvalue weighted by Gasteiger charge is -2.08. The molecule has 6 heteroatoms. The molecule has 0 radical (unpaired) electrons. The largest absolute Gasteiger partial charge is 0.346 e. The molecule has 2 rings (SSSR count). The van der Waals surface area contributed by atoms with Crippen molar-refractivity contribution in [3.63, 3.8) is 0 Å². The minimum absolute atomic E-state index is 0.121. The highest BCUT2D eigenvalue weighted by Crippen LogP contribution is 2.20. The fraction of sp³-hybridized carbons (Fsp3) is 0.222. The minimum Gasteiger partial charge on any atom is -0.346 e. The van der Waals surface area contributed by atoms with Crippen LogP contribution in [-0.4, -0.2) is 24.1 Å². The van der Waals surface area contributed by atoms with Crippen LogP contribution >= 0.6 is 11.8 Å². The second kappa shape index (κ2) is 8.49. The zero-order chi connectivity index (χ0) is 17.5. The normalized spacial score (nSPS) is 10.3. The maximum absolute atomic E-state index is 12.8. The molecule has 0 heterocycles. The molecule has 2 aromatic carbocycles. The number of carbonyl (C=O) groups excluding carboxylic acids is 2. The Morgan fingerprint density at radius 1 is 1.00 bits per heavy atom. The van der Waals surface area contributed by atoms with Crippen LogP contribution in [0.25, 0.3) is 0 Å². The van der Waals surface area contributed by atoms with Gasteiger partial charge < -0.3 is 10.6 Å². The molecule has 0 aliphatic heterocycles. The number of thioether (sulfide) groups is 1. The summed E-state index contributed by atoms with van der Waals surface area (Å²) in [7, 11) is 0. The summed E-state index contributed by atoms with van der Waals surface area (Å²) in [6, 6.07) is 11.5. The Kier molecular flexibility index (Phi) is 6.37. The van der Waals surface area contributed by atoms with Crippen molar-refractivity contribution in [2.45, 2.75) is 18.7 Å². The standard InChI is InChI=1S/C18H19FN2O2S/c1-12-3-8-16(9-13(12)2)24-11-18(23)20-10-17(22)21-15-6-4-14(19)5-7-15/h3-9H,10-11H2,1-2H3,(H,20,23)(H,21,22). The highest BCUT2D eigenvalue weighted by Gasteiger charge is 2.07. The number of rotatable bonds is 6. The maximum Gasteiger partial charge on any atom is 0.243 e. The third-order valence-corrected chi connectivity index (χ3v) is 4.42. The van der Waals surface area contributed by atoms with E-state index in [1.54, 1.807) is 0 Å². The van der Waals surface area contributed by atoms with Crippen molar-refractivity contribution < 1.29 is 14.0 Å². The fourth-order valence-corrected chi connectivity index (χ4v) is 2.75. The molecule has 0 aromatic heterocycles. The van der Waals surface area contributed by atoms with Crippen molar-refractivity contribution in [2.75, 3.05) is 17.6 Å². The lowest BCUT2D eigenvalue weighted by molar-refractivity contribution is -0.122. The van der Waals surface area contributed by atoms with E-state index in [1.807, 2.05) is 32.0 Å². The van der Waals surface area contributed by atoms with Gasteiger partial charge in [0.2, 0.25) is 11.8 Å². The SMILES string of the molecule is Cc1ccc(SCC(=O)NCC(=O)Nc2ccc(F)cc2)cc1C. The average Bonchev–Trinajstić information content (AvgIpc) is 2.56. The van der Waals surface area contributed by atoms with E-state index in [-0.39, 0.29) is 29.9 Å². The van der Waals surface area contributed by atoms with E-state index < -0.39 is 0 Å². The second-order valence-electron chi connectivity index (χ2n) is 5.37. The van der Waals surface area contributed by atoms with Gasteiger partial charge >= 0.3 is 0 Å². The van der Waals surface area contributed by atoms with Crippen molar-refractivity contribution >= 4 is 29.3 Å². The molecule has 2 amide bonds. The smallest absolute Gasteiger partial charge is 0.243 e. The molecule has 0 aliphatic rings. The van der Waals surface area contributed by atoms with Gasteiger partial charge in [-0.25, -0.2) is 4.39 Å². The molecule has 0 saturated heterocycles. The summed E-state index contributed by atoms with van der Waals surface area (Å²) in [4.78, 5) is 24.6. The number of carbonyl (C=O) groups is 2. The van der Waals surface area contributed by atoms with Gasteiger partial charge in [0.1, 0.15) is 5.82 Å². The first kappa shape index (κ1) is 18.0. The predicted molar refractivity (Wildman–Crippen MR) is 94.7 cm³/mol. The van der Waals surface area contributed by atoms with Crippen molar-refractivity contribution in [3.05, 3.63) is 59.4 Å². The number of aryl methyl sites for hydroxylation is 2. The lowest BCUT2D eigenvalue weighted by atomic mass is 10.1. The number of benzene rings is 2. The highest BCUT2D eigenvalue weighted by molar-refractivity contribution is 8.00. The van der Waals surface area contributed by atoms with Crippen molar-refractivity contribution in [1.29, 1.82) is 0 Å². The van der Waals surface area contributed by atoms with E-state index in [4.69, 9.17) is 0 Å². The molecule has 0 saturated carbocycles. The fourth-order valence-electron chi connectivity index (χ4n) is 1.92. The van der Waals surface area contributed by atoms with Gasteiger partial charge in [0, 0.05) is 10.6 Å². The van der Waals surface area contributed by atoms with Gasteiger partial charge in [-0.05, 0) is 61.4 Å². The molecular weight excluding hydrogens is 327 g/mol. The summed E-state index contributed by atoms with van der Waals surface area (Å²) in [5.74, 6) is -0.699. The highest BCUT2D eigenvalue weighted by atomic mass is 32.2. The number of halogens is 1. The first-order valence-electron chi connectivity index (χ1n) is 7.46. The Hall–Kier alpha value is -2.34. The maximum atomic E-state index is 12.8. The van der Waals surface area contributed by atoms with E-state index in [2.05, 4.69) is 10.6 Å². The van der Waals surface area contributed by atoms with Crippen LogP contribution in [0.2, 0.25) is 0 Å². The van der Waals surface area contributed by atoms with E-state index in [1.165, 1.54) is 47.2 Å². The summed E-state index contributed by atoms with van der Waals surface area (Å²) < 4.78 is 12.8.